The van der Waals surface area contributed by atoms with Gasteiger partial charge >= 0.3 is 11.9 Å². The highest BCUT2D eigenvalue weighted by Crippen LogP contribution is 2.31. The maximum absolute atomic E-state index is 13.1. The van der Waals surface area contributed by atoms with Gasteiger partial charge in [-0.25, -0.2) is 13.2 Å². The van der Waals surface area contributed by atoms with Crippen LogP contribution in [0, 0.1) is 0 Å². The van der Waals surface area contributed by atoms with Crippen molar-refractivity contribution in [2.24, 2.45) is 0 Å². The third-order valence-corrected chi connectivity index (χ3v) is 5.80. The van der Waals surface area contributed by atoms with Crippen LogP contribution in [0.3, 0.4) is 0 Å². The Labute approximate surface area is 153 Å². The molecule has 0 aliphatic heterocycles. The van der Waals surface area contributed by atoms with Gasteiger partial charge in [-0.15, -0.1) is 0 Å². The zero-order chi connectivity index (χ0) is 18.6. The molecule has 0 aromatic heterocycles. The molecule has 0 aliphatic rings. The van der Waals surface area contributed by atoms with Crippen LogP contribution in [0.4, 0.5) is 5.69 Å². The normalized spacial score (nSPS) is 11.0. The summed E-state index contributed by atoms with van der Waals surface area (Å²) in [5, 5.41) is 9.28. The second-order valence-electron chi connectivity index (χ2n) is 4.84. The Morgan fingerprint density at radius 1 is 1.12 bits per heavy atom. The minimum absolute atomic E-state index is 0.188. The average Bonchev–Trinajstić information content (AvgIpc) is 2.60. The lowest BCUT2D eigenvalue weighted by Crippen LogP contribution is -2.37. The predicted octanol–water partition coefficient (Wildman–Crippen LogP) is 2.52. The topological polar surface area (TPSA) is 101 Å². The molecule has 0 radical (unpaired) electrons. The van der Waals surface area contributed by atoms with Crippen molar-refractivity contribution in [2.75, 3.05) is 18.0 Å². The van der Waals surface area contributed by atoms with E-state index in [1.165, 1.54) is 30.3 Å². The van der Waals surface area contributed by atoms with Crippen LogP contribution in [0.2, 0.25) is 0 Å². The van der Waals surface area contributed by atoms with Gasteiger partial charge in [0.2, 0.25) is 0 Å². The number of esters is 1. The smallest absolute Gasteiger partial charge is 0.337 e. The van der Waals surface area contributed by atoms with E-state index in [1.807, 2.05) is 0 Å². The van der Waals surface area contributed by atoms with Crippen molar-refractivity contribution in [1.29, 1.82) is 0 Å². The first-order valence-electron chi connectivity index (χ1n) is 6.95. The van der Waals surface area contributed by atoms with Crippen LogP contribution < -0.4 is 4.31 Å². The number of hydrogen-bond acceptors (Lipinski definition) is 5. The van der Waals surface area contributed by atoms with Gasteiger partial charge < -0.3 is 9.84 Å². The number of carbonyl (C=O) groups is 2. The number of carboxylic acids is 1. The number of methoxy groups -OCH3 is 1. The molecule has 0 fully saturated rings. The first-order chi connectivity index (χ1) is 11.8. The molecular weight excluding hydrogens is 414 g/mol. The van der Waals surface area contributed by atoms with Gasteiger partial charge in [-0.3, -0.25) is 9.10 Å². The van der Waals surface area contributed by atoms with Crippen LogP contribution >= 0.6 is 15.9 Å². The molecule has 0 unspecified atom stereocenters. The van der Waals surface area contributed by atoms with Crippen LogP contribution in [-0.4, -0.2) is 39.1 Å². The summed E-state index contributed by atoms with van der Waals surface area (Å²) in [6.45, 7) is -0.602. The largest absolute Gasteiger partial charge is 0.478 e. The molecule has 2 rings (SSSR count). The summed E-state index contributed by atoms with van der Waals surface area (Å²) in [7, 11) is -3.20. The molecule has 9 heteroatoms. The van der Waals surface area contributed by atoms with E-state index in [0.717, 1.165) is 11.4 Å². The Hall–Kier alpha value is -2.39. The number of carbonyl (C=O) groups excluding carboxylic acids is 1. The molecule has 0 spiro atoms. The number of para-hydroxylation sites is 1. The molecule has 0 saturated heterocycles. The van der Waals surface area contributed by atoms with E-state index in [2.05, 4.69) is 20.7 Å². The zero-order valence-electron chi connectivity index (χ0n) is 13.0. The Kier molecular flexibility index (Phi) is 5.81. The third kappa shape index (κ3) is 3.99. The number of anilines is 1. The van der Waals surface area contributed by atoms with Gasteiger partial charge in [-0.05, 0) is 40.2 Å². The molecule has 0 heterocycles. The van der Waals surface area contributed by atoms with Crippen LogP contribution in [0.5, 0.6) is 0 Å². The molecule has 1 N–H and O–H groups in total. The maximum atomic E-state index is 13.1. The summed E-state index contributed by atoms with van der Waals surface area (Å²) in [6.07, 6.45) is 0. The summed E-state index contributed by atoms with van der Waals surface area (Å²) >= 11 is 3.25. The van der Waals surface area contributed by atoms with Crippen molar-refractivity contribution in [3.8, 4) is 0 Å². The van der Waals surface area contributed by atoms with Crippen LogP contribution in [0.1, 0.15) is 10.4 Å². The third-order valence-electron chi connectivity index (χ3n) is 3.31. The summed E-state index contributed by atoms with van der Waals surface area (Å²) in [5.74, 6) is -2.17. The quantitative estimate of drug-likeness (QED) is 0.710. The average molecular weight is 428 g/mol. The second-order valence-corrected chi connectivity index (χ2v) is 7.53. The second kappa shape index (κ2) is 7.66. The molecule has 0 aliphatic carbocycles. The van der Waals surface area contributed by atoms with Gasteiger partial charge in [0.1, 0.15) is 11.4 Å². The van der Waals surface area contributed by atoms with E-state index in [0.29, 0.717) is 4.47 Å². The lowest BCUT2D eigenvalue weighted by Gasteiger charge is -2.25. The minimum Gasteiger partial charge on any atom is -0.478 e. The Balaban J connectivity index is 2.67. The highest BCUT2D eigenvalue weighted by molar-refractivity contribution is 9.10. The SMILES string of the molecule is COC(=O)CN(c1ccccc1Br)S(=O)(=O)c1ccccc1C(=O)O. The molecule has 7 nitrogen and oxygen atoms in total. The van der Waals surface area contributed by atoms with Crippen molar-refractivity contribution in [2.45, 2.75) is 4.90 Å². The molecule has 0 amide bonds. The van der Waals surface area contributed by atoms with Gasteiger partial charge in [0.05, 0.1) is 18.4 Å². The molecule has 0 atom stereocenters. The first-order valence-corrected chi connectivity index (χ1v) is 9.18. The van der Waals surface area contributed by atoms with Crippen LogP contribution in [-0.2, 0) is 19.6 Å². The predicted molar refractivity (Wildman–Crippen MR) is 94.1 cm³/mol. The fraction of sp³-hybridized carbons (Fsp3) is 0.125. The van der Waals surface area contributed by atoms with Crippen molar-refractivity contribution >= 4 is 43.6 Å². The lowest BCUT2D eigenvalue weighted by atomic mass is 10.2. The van der Waals surface area contributed by atoms with Crippen molar-refractivity contribution < 1.29 is 27.9 Å². The van der Waals surface area contributed by atoms with Gasteiger partial charge in [0.25, 0.3) is 10.0 Å². The van der Waals surface area contributed by atoms with E-state index < -0.39 is 33.4 Å². The summed E-state index contributed by atoms with van der Waals surface area (Å²) in [5.41, 5.74) is -0.197. The van der Waals surface area contributed by atoms with Gasteiger partial charge in [0.15, 0.2) is 0 Å². The Morgan fingerprint density at radius 3 is 2.32 bits per heavy atom. The van der Waals surface area contributed by atoms with Gasteiger partial charge in [0, 0.05) is 4.47 Å². The maximum Gasteiger partial charge on any atom is 0.337 e. The van der Waals surface area contributed by atoms with Crippen LogP contribution in [0.15, 0.2) is 57.9 Å². The van der Waals surface area contributed by atoms with Gasteiger partial charge in [-0.2, -0.15) is 0 Å². The summed E-state index contributed by atoms with van der Waals surface area (Å²) < 4.78 is 32.0. The fourth-order valence-corrected chi connectivity index (χ4v) is 4.35. The molecular formula is C16H14BrNO6S. The van der Waals surface area contributed by atoms with Gasteiger partial charge in [-0.1, -0.05) is 24.3 Å². The summed E-state index contributed by atoms with van der Waals surface area (Å²) in [6, 6.07) is 11.6. The highest BCUT2D eigenvalue weighted by Gasteiger charge is 2.32. The number of nitrogens with zero attached hydrogens (tertiary/aromatic N) is 1. The minimum atomic E-state index is -4.34. The molecule has 2 aromatic rings. The van der Waals surface area contributed by atoms with Crippen LogP contribution in [0.25, 0.3) is 0 Å². The fourth-order valence-electron chi connectivity index (χ4n) is 2.12. The molecule has 0 bridgehead atoms. The first kappa shape index (κ1) is 18.9. The summed E-state index contributed by atoms with van der Waals surface area (Å²) in [4.78, 5) is 22.7. The number of rotatable bonds is 6. The molecule has 25 heavy (non-hydrogen) atoms. The highest BCUT2D eigenvalue weighted by atomic mass is 79.9. The number of sulfonamides is 1. The van der Waals surface area contributed by atoms with E-state index in [4.69, 9.17) is 0 Å². The monoisotopic (exact) mass is 427 g/mol. The molecule has 0 saturated carbocycles. The van der Waals surface area contributed by atoms with E-state index in [1.54, 1.807) is 18.2 Å². The molecule has 132 valence electrons. The number of halogens is 1. The number of benzene rings is 2. The van der Waals surface area contributed by atoms with Crippen molar-refractivity contribution in [1.82, 2.24) is 0 Å². The standard InChI is InChI=1S/C16H14BrNO6S/c1-24-15(19)10-18(13-8-4-3-7-12(13)17)25(22,23)14-9-5-2-6-11(14)16(20)21/h2-9H,10H2,1H3,(H,20,21). The van der Waals surface area contributed by atoms with Crippen molar-refractivity contribution in [3.63, 3.8) is 0 Å². The lowest BCUT2D eigenvalue weighted by molar-refractivity contribution is -0.138. The van der Waals surface area contributed by atoms with E-state index in [-0.39, 0.29) is 11.3 Å². The zero-order valence-corrected chi connectivity index (χ0v) is 15.5. The Bertz CT molecular complexity index is 912. The molecule has 2 aromatic carbocycles. The van der Waals surface area contributed by atoms with E-state index in [9.17, 15) is 23.1 Å². The number of carboxylic acid groups (broad SMARTS) is 1. The number of ether oxygens (including phenoxy) is 1. The van der Waals surface area contributed by atoms with Crippen molar-refractivity contribution in [3.05, 3.63) is 58.6 Å². The Morgan fingerprint density at radius 2 is 1.72 bits per heavy atom. The number of hydrogen-bond donors (Lipinski definition) is 1. The van der Waals surface area contributed by atoms with E-state index >= 15 is 0 Å². The number of aromatic carboxylic acids is 1.